The summed E-state index contributed by atoms with van der Waals surface area (Å²) in [7, 11) is -2.04. The van der Waals surface area contributed by atoms with Gasteiger partial charge in [-0.1, -0.05) is 60.7 Å². The fourth-order valence-corrected chi connectivity index (χ4v) is 2.96. The van der Waals surface area contributed by atoms with Crippen LogP contribution in [0.2, 0.25) is 0 Å². The van der Waals surface area contributed by atoms with Crippen molar-refractivity contribution in [1.29, 1.82) is 0 Å². The van der Waals surface area contributed by atoms with Gasteiger partial charge in [0.15, 0.2) is 12.2 Å². The minimum absolute atomic E-state index is 0.308. The first kappa shape index (κ1) is 11.5. The van der Waals surface area contributed by atoms with Crippen LogP contribution in [0.5, 0.6) is 0 Å². The molecule has 4 heteroatoms. The summed E-state index contributed by atoms with van der Waals surface area (Å²) in [6, 6.07) is 19.5. The second-order valence-electron chi connectivity index (χ2n) is 4.10. The van der Waals surface area contributed by atoms with Crippen molar-refractivity contribution in [1.82, 2.24) is 0 Å². The van der Waals surface area contributed by atoms with E-state index in [0.717, 1.165) is 11.1 Å². The Morgan fingerprint density at radius 1 is 0.722 bits per heavy atom. The zero-order valence-corrected chi connectivity index (χ0v) is 10.5. The highest BCUT2D eigenvalue weighted by molar-refractivity contribution is 7.33. The molecule has 0 amide bonds. The van der Waals surface area contributed by atoms with E-state index in [1.165, 1.54) is 0 Å². The normalized spacial score (nSPS) is 23.2. The molecule has 1 heterocycles. The second-order valence-corrected chi connectivity index (χ2v) is 4.97. The quantitative estimate of drug-likeness (QED) is 0.759. The number of rotatable bonds is 2. The van der Waals surface area contributed by atoms with Gasteiger partial charge in [-0.25, -0.2) is 0 Å². The Morgan fingerprint density at radius 2 is 1.11 bits per heavy atom. The van der Waals surface area contributed by atoms with Gasteiger partial charge in [-0.05, 0) is 11.1 Å². The molecule has 0 N–H and O–H groups in total. The van der Waals surface area contributed by atoms with E-state index in [1.807, 2.05) is 60.7 Å². The Hall–Kier alpha value is -1.54. The highest BCUT2D eigenvalue weighted by Gasteiger charge is 2.48. The molecular formula is C14H12O3P+. The minimum Gasteiger partial charge on any atom is -0.107 e. The van der Waals surface area contributed by atoms with Gasteiger partial charge in [0.1, 0.15) is 0 Å². The lowest BCUT2D eigenvalue weighted by atomic mass is 9.99. The Labute approximate surface area is 106 Å². The topological polar surface area (TPSA) is 35.5 Å². The molecule has 0 unspecified atom stereocenters. The molecule has 0 radical (unpaired) electrons. The third-order valence-corrected chi connectivity index (χ3v) is 3.73. The predicted octanol–water partition coefficient (Wildman–Crippen LogP) is 4.17. The van der Waals surface area contributed by atoms with Crippen LogP contribution >= 0.6 is 8.25 Å². The van der Waals surface area contributed by atoms with Gasteiger partial charge in [0.25, 0.3) is 0 Å². The van der Waals surface area contributed by atoms with Gasteiger partial charge >= 0.3 is 8.25 Å². The third kappa shape index (κ3) is 2.21. The lowest BCUT2D eigenvalue weighted by Gasteiger charge is -2.11. The SMILES string of the molecule is O=[P+]1O[C@H](c2ccccc2)[C@@H](c2ccccc2)O1. The van der Waals surface area contributed by atoms with Crippen molar-refractivity contribution in [2.75, 3.05) is 0 Å². The predicted molar refractivity (Wildman–Crippen MR) is 68.1 cm³/mol. The number of benzene rings is 2. The van der Waals surface area contributed by atoms with Crippen molar-refractivity contribution < 1.29 is 13.6 Å². The molecule has 0 bridgehead atoms. The van der Waals surface area contributed by atoms with Crippen LogP contribution in [0.4, 0.5) is 0 Å². The lowest BCUT2D eigenvalue weighted by Crippen LogP contribution is -2.06. The maximum absolute atomic E-state index is 11.5. The van der Waals surface area contributed by atoms with E-state index in [-0.39, 0.29) is 12.2 Å². The molecule has 3 rings (SSSR count). The fraction of sp³-hybridized carbons (Fsp3) is 0.143. The summed E-state index contributed by atoms with van der Waals surface area (Å²) in [5.74, 6) is 0. The van der Waals surface area contributed by atoms with Crippen molar-refractivity contribution in [3.05, 3.63) is 71.8 Å². The summed E-state index contributed by atoms with van der Waals surface area (Å²) >= 11 is 0. The Kier molecular flexibility index (Phi) is 3.20. The van der Waals surface area contributed by atoms with E-state index in [1.54, 1.807) is 0 Å². The molecular weight excluding hydrogens is 247 g/mol. The Morgan fingerprint density at radius 3 is 1.50 bits per heavy atom. The highest BCUT2D eigenvalue weighted by Crippen LogP contribution is 2.53. The van der Waals surface area contributed by atoms with E-state index in [9.17, 15) is 4.57 Å². The van der Waals surface area contributed by atoms with Gasteiger partial charge in [0.05, 0.1) is 0 Å². The average Bonchev–Trinajstić information content (AvgIpc) is 2.83. The van der Waals surface area contributed by atoms with Crippen LogP contribution in [-0.4, -0.2) is 0 Å². The summed E-state index contributed by atoms with van der Waals surface area (Å²) in [5.41, 5.74) is 1.96. The van der Waals surface area contributed by atoms with Gasteiger partial charge in [-0.3, -0.25) is 0 Å². The summed E-state index contributed by atoms with van der Waals surface area (Å²) < 4.78 is 22.3. The molecule has 18 heavy (non-hydrogen) atoms. The van der Waals surface area contributed by atoms with Crippen LogP contribution in [-0.2, 0) is 13.6 Å². The first-order chi connectivity index (χ1) is 8.84. The van der Waals surface area contributed by atoms with Gasteiger partial charge in [-0.15, -0.1) is 9.05 Å². The molecule has 3 nitrogen and oxygen atoms in total. The van der Waals surface area contributed by atoms with Gasteiger partial charge in [-0.2, -0.15) is 0 Å². The molecule has 90 valence electrons. The molecule has 0 aliphatic carbocycles. The zero-order valence-electron chi connectivity index (χ0n) is 9.60. The maximum Gasteiger partial charge on any atom is 0.698 e. The summed E-state index contributed by atoms with van der Waals surface area (Å²) in [5, 5.41) is 0. The second kappa shape index (κ2) is 4.99. The van der Waals surface area contributed by atoms with Crippen molar-refractivity contribution in [3.8, 4) is 0 Å². The first-order valence-electron chi connectivity index (χ1n) is 5.75. The van der Waals surface area contributed by atoms with Gasteiger partial charge < -0.3 is 0 Å². The molecule has 0 aromatic heterocycles. The lowest BCUT2D eigenvalue weighted by molar-refractivity contribution is 0.159. The van der Waals surface area contributed by atoms with Crippen molar-refractivity contribution in [2.45, 2.75) is 12.2 Å². The Balaban J connectivity index is 1.96. The number of hydrogen-bond donors (Lipinski definition) is 0. The van der Waals surface area contributed by atoms with Crippen LogP contribution in [0.3, 0.4) is 0 Å². The molecule has 1 saturated heterocycles. The van der Waals surface area contributed by atoms with Crippen molar-refractivity contribution in [2.24, 2.45) is 0 Å². The molecule has 1 aliphatic heterocycles. The maximum atomic E-state index is 11.5. The monoisotopic (exact) mass is 259 g/mol. The smallest absolute Gasteiger partial charge is 0.107 e. The van der Waals surface area contributed by atoms with Crippen LogP contribution < -0.4 is 0 Å². The first-order valence-corrected chi connectivity index (χ1v) is 6.85. The molecule has 1 fully saturated rings. The van der Waals surface area contributed by atoms with E-state index >= 15 is 0 Å². The molecule has 0 saturated carbocycles. The van der Waals surface area contributed by atoms with Crippen LogP contribution in [0.25, 0.3) is 0 Å². The molecule has 2 aromatic carbocycles. The van der Waals surface area contributed by atoms with Crippen LogP contribution in [0.1, 0.15) is 23.3 Å². The van der Waals surface area contributed by atoms with Gasteiger partial charge in [0.2, 0.25) is 0 Å². The molecule has 2 aromatic rings. The van der Waals surface area contributed by atoms with Crippen molar-refractivity contribution >= 4 is 8.25 Å². The summed E-state index contributed by atoms with van der Waals surface area (Å²) in [6.07, 6.45) is -0.616. The fourth-order valence-electron chi connectivity index (χ4n) is 2.08. The van der Waals surface area contributed by atoms with E-state index in [0.29, 0.717) is 0 Å². The average molecular weight is 259 g/mol. The van der Waals surface area contributed by atoms with Crippen LogP contribution in [0, 0.1) is 0 Å². The van der Waals surface area contributed by atoms with Gasteiger partial charge in [0, 0.05) is 4.57 Å². The summed E-state index contributed by atoms with van der Waals surface area (Å²) in [6.45, 7) is 0. The Bertz CT molecular complexity index is 492. The van der Waals surface area contributed by atoms with E-state index < -0.39 is 8.25 Å². The molecule has 1 aliphatic rings. The van der Waals surface area contributed by atoms with Crippen LogP contribution in [0.15, 0.2) is 60.7 Å². The number of hydrogen-bond acceptors (Lipinski definition) is 3. The van der Waals surface area contributed by atoms with E-state index in [2.05, 4.69) is 0 Å². The summed E-state index contributed by atoms with van der Waals surface area (Å²) in [4.78, 5) is 0. The largest absolute Gasteiger partial charge is 0.698 e. The minimum atomic E-state index is -2.04. The highest BCUT2D eigenvalue weighted by atomic mass is 31.1. The standard InChI is InChI=1S/C14H12O3P/c15-18-16-13(11-7-3-1-4-8-11)14(17-18)12-9-5-2-6-10-12/h1-10,13-14H/q+1/t13-,14-/m1/s1. The van der Waals surface area contributed by atoms with E-state index in [4.69, 9.17) is 9.05 Å². The molecule has 2 atom stereocenters. The third-order valence-electron chi connectivity index (χ3n) is 2.93. The zero-order chi connectivity index (χ0) is 12.4. The van der Waals surface area contributed by atoms with Crippen molar-refractivity contribution in [3.63, 3.8) is 0 Å². The molecule has 0 spiro atoms.